The summed E-state index contributed by atoms with van der Waals surface area (Å²) < 4.78 is 0. The zero-order chi connectivity index (χ0) is 13.0. The van der Waals surface area contributed by atoms with Gasteiger partial charge in [-0.05, 0) is 18.2 Å². The van der Waals surface area contributed by atoms with E-state index in [-0.39, 0.29) is 11.1 Å². The topological polar surface area (TPSA) is 119 Å². The van der Waals surface area contributed by atoms with Crippen LogP contribution < -0.4 is 17.0 Å². The number of primary amides is 1. The van der Waals surface area contributed by atoms with Crippen molar-refractivity contribution in [2.75, 3.05) is 0 Å². The molecule has 0 aliphatic rings. The van der Waals surface area contributed by atoms with Crippen molar-refractivity contribution < 1.29 is 14.4 Å². The molecule has 3 amide bonds. The van der Waals surface area contributed by atoms with E-state index in [1.165, 1.54) is 31.2 Å². The normalized spacial score (nSPS) is 9.53. The summed E-state index contributed by atoms with van der Waals surface area (Å²) in [5.41, 5.74) is 7.51. The van der Waals surface area contributed by atoms with E-state index in [2.05, 4.69) is 5.43 Å². The number of nitrogens with zero attached hydrogens (tertiary/aromatic N) is 1. The highest BCUT2D eigenvalue weighted by Crippen LogP contribution is 2.06. The van der Waals surface area contributed by atoms with Crippen LogP contribution in [0.5, 0.6) is 0 Å². The molecule has 17 heavy (non-hydrogen) atoms. The number of nitrogens with one attached hydrogen (secondary N) is 1. The number of carbonyl (C=O) groups excluding carboxylic acids is 3. The quantitative estimate of drug-likeness (QED) is 0.352. The molecule has 90 valence electrons. The molecule has 0 aliphatic heterocycles. The molecule has 1 aromatic rings. The maximum atomic E-state index is 11.7. The second-order valence-corrected chi connectivity index (χ2v) is 3.29. The van der Waals surface area contributed by atoms with Crippen molar-refractivity contribution in [2.24, 2.45) is 11.6 Å². The summed E-state index contributed by atoms with van der Waals surface area (Å²) in [6.07, 6.45) is 0. The Labute approximate surface area is 97.3 Å². The average molecular weight is 236 g/mol. The van der Waals surface area contributed by atoms with Crippen molar-refractivity contribution in [3.63, 3.8) is 0 Å². The van der Waals surface area contributed by atoms with Gasteiger partial charge < -0.3 is 5.73 Å². The number of nitrogens with two attached hydrogens (primary N) is 2. The van der Waals surface area contributed by atoms with E-state index >= 15 is 0 Å². The Morgan fingerprint density at radius 1 is 1.24 bits per heavy atom. The van der Waals surface area contributed by atoms with Gasteiger partial charge in [-0.2, -0.15) is 5.12 Å². The van der Waals surface area contributed by atoms with E-state index in [0.717, 1.165) is 0 Å². The minimum Gasteiger partial charge on any atom is -0.366 e. The summed E-state index contributed by atoms with van der Waals surface area (Å²) >= 11 is 0. The second kappa shape index (κ2) is 5.08. The van der Waals surface area contributed by atoms with Gasteiger partial charge in [-0.15, -0.1) is 0 Å². The van der Waals surface area contributed by atoms with Crippen LogP contribution in [0.3, 0.4) is 0 Å². The molecule has 0 spiro atoms. The average Bonchev–Trinajstić information content (AvgIpc) is 2.27. The van der Waals surface area contributed by atoms with Crippen LogP contribution in [0, 0.1) is 0 Å². The molecule has 0 saturated heterocycles. The molecule has 0 aliphatic carbocycles. The predicted octanol–water partition coefficient (Wildman–Crippen LogP) is -0.848. The molecule has 7 heteroatoms. The van der Waals surface area contributed by atoms with Gasteiger partial charge in [0.2, 0.25) is 11.8 Å². The third-order valence-corrected chi connectivity index (χ3v) is 1.89. The summed E-state index contributed by atoms with van der Waals surface area (Å²) in [6, 6.07) is 5.72. The Morgan fingerprint density at radius 2 is 1.82 bits per heavy atom. The lowest BCUT2D eigenvalue weighted by Gasteiger charge is -2.16. The number of carbonyl (C=O) groups is 3. The fourth-order valence-corrected chi connectivity index (χ4v) is 1.16. The maximum absolute atomic E-state index is 11.7. The van der Waals surface area contributed by atoms with E-state index in [1.54, 1.807) is 0 Å². The standard InChI is InChI=1S/C10H12N4O3/c1-6(15)13-14(12)10(17)8-4-2-3-7(5-8)9(11)16/h2-5H,12H2,1H3,(H2,11,16)(H,13,15). The molecule has 0 saturated carbocycles. The highest BCUT2D eigenvalue weighted by molar-refractivity contribution is 5.99. The van der Waals surface area contributed by atoms with Gasteiger partial charge >= 0.3 is 0 Å². The third-order valence-electron chi connectivity index (χ3n) is 1.89. The summed E-state index contributed by atoms with van der Waals surface area (Å²) in [7, 11) is 0. The lowest BCUT2D eigenvalue weighted by molar-refractivity contribution is -0.122. The molecule has 0 heterocycles. The van der Waals surface area contributed by atoms with Gasteiger partial charge in [0.05, 0.1) is 0 Å². The number of rotatable bonds is 2. The second-order valence-electron chi connectivity index (χ2n) is 3.29. The summed E-state index contributed by atoms with van der Waals surface area (Å²) in [6.45, 7) is 1.22. The van der Waals surface area contributed by atoms with Crippen molar-refractivity contribution in [2.45, 2.75) is 6.92 Å². The Bertz CT molecular complexity index is 472. The molecule has 0 fully saturated rings. The fourth-order valence-electron chi connectivity index (χ4n) is 1.16. The van der Waals surface area contributed by atoms with Crippen molar-refractivity contribution in [3.05, 3.63) is 35.4 Å². The van der Waals surface area contributed by atoms with Crippen LogP contribution in [0.25, 0.3) is 0 Å². The minimum atomic E-state index is -0.650. The van der Waals surface area contributed by atoms with Gasteiger partial charge in [-0.1, -0.05) is 6.07 Å². The minimum absolute atomic E-state index is 0.151. The first-order valence-corrected chi connectivity index (χ1v) is 4.68. The molecule has 0 radical (unpaired) electrons. The van der Waals surface area contributed by atoms with Crippen LogP contribution in [-0.4, -0.2) is 22.8 Å². The number of benzene rings is 1. The molecule has 0 unspecified atom stereocenters. The number of amides is 3. The number of hydrogen-bond donors (Lipinski definition) is 3. The molecule has 5 N–H and O–H groups in total. The van der Waals surface area contributed by atoms with Gasteiger partial charge in [0.1, 0.15) is 0 Å². The number of hydrogen-bond acceptors (Lipinski definition) is 4. The predicted molar refractivity (Wildman–Crippen MR) is 59.1 cm³/mol. The largest absolute Gasteiger partial charge is 0.366 e. The van der Waals surface area contributed by atoms with Gasteiger partial charge in [-0.3, -0.25) is 19.8 Å². The van der Waals surface area contributed by atoms with E-state index < -0.39 is 17.7 Å². The van der Waals surface area contributed by atoms with Gasteiger partial charge in [0.15, 0.2) is 0 Å². The van der Waals surface area contributed by atoms with Gasteiger partial charge in [0.25, 0.3) is 5.91 Å². The maximum Gasteiger partial charge on any atom is 0.287 e. The van der Waals surface area contributed by atoms with E-state index in [1.807, 2.05) is 0 Å². The first-order valence-electron chi connectivity index (χ1n) is 4.68. The molecule has 0 bridgehead atoms. The monoisotopic (exact) mass is 236 g/mol. The highest BCUT2D eigenvalue weighted by atomic mass is 16.2. The molecule has 7 nitrogen and oxygen atoms in total. The van der Waals surface area contributed by atoms with E-state index in [4.69, 9.17) is 11.6 Å². The molecule has 1 aromatic carbocycles. The van der Waals surface area contributed by atoms with Gasteiger partial charge in [0, 0.05) is 18.1 Å². The zero-order valence-electron chi connectivity index (χ0n) is 9.14. The summed E-state index contributed by atoms with van der Waals surface area (Å²) in [5, 5.41) is 0.544. The van der Waals surface area contributed by atoms with Gasteiger partial charge in [-0.25, -0.2) is 5.84 Å². The lowest BCUT2D eigenvalue weighted by Crippen LogP contribution is -2.50. The smallest absolute Gasteiger partial charge is 0.287 e. The molecule has 1 rings (SSSR count). The lowest BCUT2D eigenvalue weighted by atomic mass is 10.1. The Morgan fingerprint density at radius 3 is 2.35 bits per heavy atom. The molecular formula is C10H12N4O3. The SMILES string of the molecule is CC(=O)NN(N)C(=O)c1cccc(C(N)=O)c1. The van der Waals surface area contributed by atoms with Crippen LogP contribution in [0.4, 0.5) is 0 Å². The van der Waals surface area contributed by atoms with Crippen molar-refractivity contribution >= 4 is 17.7 Å². The zero-order valence-corrected chi connectivity index (χ0v) is 9.14. The van der Waals surface area contributed by atoms with Crippen LogP contribution in [-0.2, 0) is 4.79 Å². The number of hydrazine groups is 2. The Hall–Kier alpha value is -2.41. The molecule has 0 aromatic heterocycles. The first kappa shape index (κ1) is 12.7. The molecular weight excluding hydrogens is 224 g/mol. The first-order chi connectivity index (χ1) is 7.91. The van der Waals surface area contributed by atoms with Crippen LogP contribution in [0.1, 0.15) is 27.6 Å². The summed E-state index contributed by atoms with van der Waals surface area (Å²) in [5.74, 6) is 3.53. The van der Waals surface area contributed by atoms with Crippen molar-refractivity contribution in [1.29, 1.82) is 0 Å². The van der Waals surface area contributed by atoms with Crippen molar-refractivity contribution in [3.8, 4) is 0 Å². The third kappa shape index (κ3) is 3.28. The summed E-state index contributed by atoms with van der Waals surface area (Å²) in [4.78, 5) is 33.3. The van der Waals surface area contributed by atoms with Crippen molar-refractivity contribution in [1.82, 2.24) is 10.5 Å². The Balaban J connectivity index is 2.92. The van der Waals surface area contributed by atoms with E-state index in [0.29, 0.717) is 5.12 Å². The highest BCUT2D eigenvalue weighted by Gasteiger charge is 2.14. The van der Waals surface area contributed by atoms with Crippen LogP contribution in [0.2, 0.25) is 0 Å². The molecule has 0 atom stereocenters. The van der Waals surface area contributed by atoms with Crippen LogP contribution >= 0.6 is 0 Å². The fraction of sp³-hybridized carbons (Fsp3) is 0.100. The van der Waals surface area contributed by atoms with Crippen LogP contribution in [0.15, 0.2) is 24.3 Å². The Kier molecular flexibility index (Phi) is 3.78. The van der Waals surface area contributed by atoms with E-state index in [9.17, 15) is 14.4 Å².